The molecule has 3 aromatic carbocycles. The second-order valence-corrected chi connectivity index (χ2v) is 10.4. The van der Waals surface area contributed by atoms with Crippen LogP contribution in [0.15, 0.2) is 84.4 Å². The number of amides is 1. The van der Waals surface area contributed by atoms with E-state index in [4.69, 9.17) is 0 Å². The molecule has 0 saturated carbocycles. The summed E-state index contributed by atoms with van der Waals surface area (Å²) in [4.78, 5) is 17.5. The second-order valence-electron chi connectivity index (χ2n) is 10.4. The summed E-state index contributed by atoms with van der Waals surface area (Å²) in [7, 11) is 0. The van der Waals surface area contributed by atoms with E-state index in [0.29, 0.717) is 31.2 Å². The van der Waals surface area contributed by atoms with E-state index < -0.39 is 0 Å². The maximum absolute atomic E-state index is 12.9. The van der Waals surface area contributed by atoms with Gasteiger partial charge in [-0.1, -0.05) is 60.2 Å². The van der Waals surface area contributed by atoms with Crippen LogP contribution in [0.25, 0.3) is 5.57 Å². The molecule has 5 rings (SSSR count). The number of hydrogen-bond donors (Lipinski definition) is 1. The van der Waals surface area contributed by atoms with Crippen LogP contribution >= 0.6 is 0 Å². The van der Waals surface area contributed by atoms with E-state index >= 15 is 0 Å². The van der Waals surface area contributed by atoms with Gasteiger partial charge in [0.1, 0.15) is 5.75 Å². The fraction of sp³-hybridized carbons (Fsp3) is 0.364. The van der Waals surface area contributed by atoms with Crippen LogP contribution in [0.1, 0.15) is 79.5 Å². The van der Waals surface area contributed by atoms with Gasteiger partial charge in [0.2, 0.25) is 0 Å². The minimum Gasteiger partial charge on any atom is -0.508 e. The number of benzene rings is 3. The molecule has 3 aromatic rings. The number of carbonyl (C=O) groups is 1. The van der Waals surface area contributed by atoms with Crippen molar-refractivity contribution in [2.75, 3.05) is 13.1 Å². The summed E-state index contributed by atoms with van der Waals surface area (Å²) >= 11 is 0. The van der Waals surface area contributed by atoms with Gasteiger partial charge in [0.25, 0.3) is 5.91 Å². The molecule has 0 aliphatic carbocycles. The van der Waals surface area contributed by atoms with Crippen LogP contribution in [0.3, 0.4) is 0 Å². The van der Waals surface area contributed by atoms with Gasteiger partial charge >= 0.3 is 0 Å². The lowest BCUT2D eigenvalue weighted by atomic mass is 9.84. The van der Waals surface area contributed by atoms with Crippen molar-refractivity contribution in [3.63, 3.8) is 0 Å². The fourth-order valence-electron chi connectivity index (χ4n) is 6.50. The predicted octanol–water partition coefficient (Wildman–Crippen LogP) is 7.06. The largest absolute Gasteiger partial charge is 0.508 e. The monoisotopic (exact) mass is 494 g/mol. The highest BCUT2D eigenvalue weighted by Gasteiger charge is 2.42. The normalized spacial score (nSPS) is 20.0. The lowest BCUT2D eigenvalue weighted by Gasteiger charge is -2.41. The Labute approximate surface area is 221 Å². The summed E-state index contributed by atoms with van der Waals surface area (Å²) in [6.45, 7) is 7.78. The summed E-state index contributed by atoms with van der Waals surface area (Å²) in [6, 6.07) is 28.0. The molecule has 1 amide bonds. The quantitative estimate of drug-likeness (QED) is 0.382. The number of aromatic hydroxyl groups is 1. The van der Waals surface area contributed by atoms with Crippen molar-refractivity contribution in [2.45, 2.75) is 64.6 Å². The van der Waals surface area contributed by atoms with Crippen molar-refractivity contribution in [3.05, 3.63) is 107 Å². The van der Waals surface area contributed by atoms with Crippen LogP contribution in [0, 0.1) is 0 Å². The Balaban J connectivity index is 1.50. The Morgan fingerprint density at radius 2 is 1.49 bits per heavy atom. The molecule has 0 radical (unpaired) electrons. The smallest absolute Gasteiger partial charge is 0.253 e. The zero-order chi connectivity index (χ0) is 25.9. The molecule has 2 heterocycles. The summed E-state index contributed by atoms with van der Waals surface area (Å²) in [5.41, 5.74) is 6.93. The highest BCUT2D eigenvalue weighted by Crippen LogP contribution is 2.46. The van der Waals surface area contributed by atoms with Crippen LogP contribution in [0.2, 0.25) is 0 Å². The van der Waals surface area contributed by atoms with Crippen LogP contribution in [-0.4, -0.2) is 46.0 Å². The van der Waals surface area contributed by atoms with E-state index in [2.05, 4.69) is 60.4 Å². The maximum Gasteiger partial charge on any atom is 0.253 e. The number of fused-ring (bicyclic) bond motifs is 2. The first-order chi connectivity index (χ1) is 18.0. The third-order valence-corrected chi connectivity index (χ3v) is 8.33. The van der Waals surface area contributed by atoms with E-state index in [1.54, 1.807) is 6.07 Å². The number of hydrogen-bond acceptors (Lipinski definition) is 3. The van der Waals surface area contributed by atoms with Crippen molar-refractivity contribution >= 4 is 11.5 Å². The molecule has 2 bridgehead atoms. The topological polar surface area (TPSA) is 43.8 Å². The fourth-order valence-corrected chi connectivity index (χ4v) is 6.50. The van der Waals surface area contributed by atoms with Crippen molar-refractivity contribution in [3.8, 4) is 5.75 Å². The van der Waals surface area contributed by atoms with Gasteiger partial charge in [0.05, 0.1) is 0 Å². The lowest BCUT2D eigenvalue weighted by molar-refractivity contribution is 0.0773. The molecule has 37 heavy (non-hydrogen) atoms. The standard InChI is InChI=1S/C33H38N2O2/c1-4-34(5-2)33(37)26-16-14-25(15-17-26)32(27-12-9-13-31(36)22-27)28-20-29-18-19-30(21-28)35(29)23(3)24-10-7-6-8-11-24/h6-17,22-23,29-30,36H,4-5,18-21H2,1-3H3. The van der Waals surface area contributed by atoms with Gasteiger partial charge in [-0.05, 0) is 93.0 Å². The van der Waals surface area contributed by atoms with E-state index in [0.717, 1.165) is 29.5 Å². The third-order valence-electron chi connectivity index (χ3n) is 8.33. The first-order valence-electron chi connectivity index (χ1n) is 13.7. The molecular weight excluding hydrogens is 456 g/mol. The number of nitrogens with zero attached hydrogens (tertiary/aromatic N) is 2. The van der Waals surface area contributed by atoms with Gasteiger partial charge in [-0.2, -0.15) is 0 Å². The first kappa shape index (κ1) is 25.3. The summed E-state index contributed by atoms with van der Waals surface area (Å²) < 4.78 is 0. The Hall–Kier alpha value is -3.37. The van der Waals surface area contributed by atoms with Gasteiger partial charge in [0.15, 0.2) is 0 Å². The van der Waals surface area contributed by atoms with Gasteiger partial charge in [-0.25, -0.2) is 0 Å². The van der Waals surface area contributed by atoms with Crippen molar-refractivity contribution in [1.82, 2.24) is 9.80 Å². The van der Waals surface area contributed by atoms with Gasteiger partial charge in [0, 0.05) is 36.8 Å². The average molecular weight is 495 g/mol. The summed E-state index contributed by atoms with van der Waals surface area (Å²) in [5, 5.41) is 10.3. The van der Waals surface area contributed by atoms with E-state index in [1.165, 1.54) is 29.6 Å². The van der Waals surface area contributed by atoms with Crippen LogP contribution in [0.4, 0.5) is 0 Å². The molecular formula is C33H38N2O2. The first-order valence-corrected chi connectivity index (χ1v) is 13.7. The zero-order valence-electron chi connectivity index (χ0n) is 22.2. The Morgan fingerprint density at radius 3 is 2.08 bits per heavy atom. The van der Waals surface area contributed by atoms with Crippen molar-refractivity contribution in [2.24, 2.45) is 0 Å². The molecule has 4 heteroatoms. The molecule has 2 saturated heterocycles. The third kappa shape index (κ3) is 5.08. The Kier molecular flexibility index (Phi) is 7.48. The summed E-state index contributed by atoms with van der Waals surface area (Å²) in [5.74, 6) is 0.353. The van der Waals surface area contributed by atoms with Gasteiger partial charge in [-0.3, -0.25) is 9.69 Å². The number of phenols is 1. The minimum atomic E-state index is 0.0735. The summed E-state index contributed by atoms with van der Waals surface area (Å²) in [6.07, 6.45) is 4.49. The van der Waals surface area contributed by atoms with Crippen LogP contribution in [-0.2, 0) is 0 Å². The molecule has 3 atom stereocenters. The number of piperidine rings is 1. The molecule has 0 aromatic heterocycles. The molecule has 1 N–H and O–H groups in total. The highest BCUT2D eigenvalue weighted by molar-refractivity contribution is 5.95. The van der Waals surface area contributed by atoms with E-state index in [1.807, 2.05) is 43.0 Å². The molecule has 2 aliphatic heterocycles. The molecule has 0 spiro atoms. The van der Waals surface area contributed by atoms with Crippen molar-refractivity contribution in [1.29, 1.82) is 0 Å². The molecule has 2 aliphatic rings. The zero-order valence-corrected chi connectivity index (χ0v) is 22.2. The van der Waals surface area contributed by atoms with Crippen LogP contribution in [0.5, 0.6) is 5.75 Å². The number of rotatable bonds is 7. The van der Waals surface area contributed by atoms with Gasteiger partial charge in [-0.15, -0.1) is 0 Å². The molecule has 4 nitrogen and oxygen atoms in total. The van der Waals surface area contributed by atoms with E-state index in [-0.39, 0.29) is 11.7 Å². The number of carbonyl (C=O) groups excluding carboxylic acids is 1. The minimum absolute atomic E-state index is 0.0735. The van der Waals surface area contributed by atoms with Gasteiger partial charge < -0.3 is 10.0 Å². The van der Waals surface area contributed by atoms with Crippen molar-refractivity contribution < 1.29 is 9.90 Å². The highest BCUT2D eigenvalue weighted by atomic mass is 16.3. The van der Waals surface area contributed by atoms with Crippen LogP contribution < -0.4 is 0 Å². The maximum atomic E-state index is 12.9. The molecule has 3 unspecified atom stereocenters. The second kappa shape index (κ2) is 10.9. The SMILES string of the molecule is CCN(CC)C(=O)c1ccc(C(=C2CC3CCC(C2)N3C(C)c2ccccc2)c2cccc(O)c2)cc1. The number of phenolic OH excluding ortho intramolecular Hbond substituents is 1. The van der Waals surface area contributed by atoms with E-state index in [9.17, 15) is 9.90 Å². The molecule has 192 valence electrons. The average Bonchev–Trinajstić information content (AvgIpc) is 3.19. The molecule has 2 fully saturated rings. The Morgan fingerprint density at radius 1 is 0.865 bits per heavy atom. The predicted molar refractivity (Wildman–Crippen MR) is 151 cm³/mol. The lowest BCUT2D eigenvalue weighted by Crippen LogP contribution is -2.42. The Bertz CT molecular complexity index is 1240.